The number of nitrogens with zero attached hydrogens (tertiary/aromatic N) is 1. The molecule has 0 aromatic carbocycles. The van der Waals surface area contributed by atoms with Crippen LogP contribution in [0.5, 0.6) is 0 Å². The van der Waals surface area contributed by atoms with E-state index in [0.29, 0.717) is 17.4 Å². The first kappa shape index (κ1) is 12.5. The van der Waals surface area contributed by atoms with E-state index in [1.54, 1.807) is 0 Å². The molecule has 0 bridgehead atoms. The molecule has 4 heteroatoms. The van der Waals surface area contributed by atoms with Gasteiger partial charge in [0.2, 0.25) is 0 Å². The fourth-order valence-electron chi connectivity index (χ4n) is 2.94. The molecule has 0 amide bonds. The minimum atomic E-state index is -0.561. The molecule has 2 aliphatic rings. The summed E-state index contributed by atoms with van der Waals surface area (Å²) in [6.45, 7) is 7.67. The lowest BCUT2D eigenvalue weighted by atomic mass is 9.85. The van der Waals surface area contributed by atoms with Crippen LogP contribution in [-0.2, 0) is 10.8 Å². The molecule has 16 heavy (non-hydrogen) atoms. The van der Waals surface area contributed by atoms with Gasteiger partial charge in [-0.2, -0.15) is 0 Å². The molecule has 0 aromatic rings. The van der Waals surface area contributed by atoms with E-state index in [4.69, 9.17) is 5.73 Å². The highest BCUT2D eigenvalue weighted by Gasteiger charge is 2.39. The summed E-state index contributed by atoms with van der Waals surface area (Å²) in [6, 6.07) is 0.333. The molecule has 2 N–H and O–H groups in total. The molecular weight excluding hydrogens is 220 g/mol. The average molecular weight is 244 g/mol. The lowest BCUT2D eigenvalue weighted by molar-refractivity contribution is 0.217. The second kappa shape index (κ2) is 4.75. The molecule has 3 nitrogen and oxygen atoms in total. The molecule has 1 saturated heterocycles. The zero-order chi connectivity index (χ0) is 11.8. The number of hydrogen-bond donors (Lipinski definition) is 1. The summed E-state index contributed by atoms with van der Waals surface area (Å²) in [7, 11) is -0.561. The summed E-state index contributed by atoms with van der Waals surface area (Å²) in [5.74, 6) is 2.35. The van der Waals surface area contributed by atoms with Crippen LogP contribution in [0.25, 0.3) is 0 Å². The van der Waals surface area contributed by atoms with Crippen LogP contribution in [0, 0.1) is 11.3 Å². The monoisotopic (exact) mass is 244 g/mol. The summed E-state index contributed by atoms with van der Waals surface area (Å²) in [5, 5.41) is 0. The van der Waals surface area contributed by atoms with Crippen molar-refractivity contribution in [1.82, 2.24) is 4.90 Å². The third-order valence-electron chi connectivity index (χ3n) is 4.33. The zero-order valence-corrected chi connectivity index (χ0v) is 11.3. The van der Waals surface area contributed by atoms with Gasteiger partial charge < -0.3 is 10.6 Å². The molecule has 94 valence electrons. The summed E-state index contributed by atoms with van der Waals surface area (Å²) in [6.07, 6.45) is 2.51. The Morgan fingerprint density at radius 3 is 2.50 bits per heavy atom. The molecule has 1 heterocycles. The molecular formula is C12H24N2OS. The lowest BCUT2D eigenvalue weighted by Gasteiger charge is -2.32. The number of nitrogens with two attached hydrogens (primary N) is 1. The summed E-state index contributed by atoms with van der Waals surface area (Å²) in [5.41, 5.74) is 6.62. The molecule has 2 unspecified atom stereocenters. The molecule has 1 saturated carbocycles. The van der Waals surface area contributed by atoms with Crippen molar-refractivity contribution in [2.45, 2.75) is 32.7 Å². The van der Waals surface area contributed by atoms with Crippen LogP contribution in [0.3, 0.4) is 0 Å². The van der Waals surface area contributed by atoms with Crippen LogP contribution < -0.4 is 5.73 Å². The van der Waals surface area contributed by atoms with Gasteiger partial charge in [-0.25, -0.2) is 0 Å². The van der Waals surface area contributed by atoms with E-state index >= 15 is 0 Å². The Labute approximate surface area is 101 Å². The van der Waals surface area contributed by atoms with Crippen LogP contribution in [0.15, 0.2) is 0 Å². The lowest BCUT2D eigenvalue weighted by Crippen LogP contribution is -2.45. The first-order valence-electron chi connectivity index (χ1n) is 6.32. The second-order valence-corrected chi connectivity index (χ2v) is 7.66. The van der Waals surface area contributed by atoms with E-state index in [1.165, 1.54) is 12.8 Å². The van der Waals surface area contributed by atoms with Gasteiger partial charge in [0.15, 0.2) is 0 Å². The van der Waals surface area contributed by atoms with E-state index in [1.807, 2.05) is 0 Å². The maximum Gasteiger partial charge on any atom is 0.0363 e. The normalized spacial score (nSPS) is 36.7. The van der Waals surface area contributed by atoms with Gasteiger partial charge in [-0.05, 0) is 24.2 Å². The molecule has 0 radical (unpaired) electrons. The maximum atomic E-state index is 11.3. The van der Waals surface area contributed by atoms with Crippen molar-refractivity contribution in [3.8, 4) is 0 Å². The van der Waals surface area contributed by atoms with Gasteiger partial charge in [0.05, 0.1) is 0 Å². The second-order valence-electron chi connectivity index (χ2n) is 5.96. The first-order chi connectivity index (χ1) is 7.49. The van der Waals surface area contributed by atoms with Gasteiger partial charge in [0, 0.05) is 48.0 Å². The van der Waals surface area contributed by atoms with Gasteiger partial charge in [0.1, 0.15) is 0 Å². The Morgan fingerprint density at radius 1 is 1.38 bits per heavy atom. The van der Waals surface area contributed by atoms with E-state index in [0.717, 1.165) is 31.1 Å². The Morgan fingerprint density at radius 2 is 2.00 bits per heavy atom. The van der Waals surface area contributed by atoms with E-state index in [9.17, 15) is 4.21 Å². The van der Waals surface area contributed by atoms with Gasteiger partial charge in [-0.3, -0.25) is 4.21 Å². The highest BCUT2D eigenvalue weighted by molar-refractivity contribution is 7.85. The van der Waals surface area contributed by atoms with Crippen LogP contribution in [0.4, 0.5) is 0 Å². The van der Waals surface area contributed by atoms with Gasteiger partial charge >= 0.3 is 0 Å². The third kappa shape index (κ3) is 2.66. The molecule has 0 aromatic heterocycles. The predicted octanol–water partition coefficient (Wildman–Crippen LogP) is 0.814. The van der Waals surface area contributed by atoms with Crippen LogP contribution in [-0.4, -0.2) is 46.3 Å². The van der Waals surface area contributed by atoms with Gasteiger partial charge in [0.25, 0.3) is 0 Å². The zero-order valence-electron chi connectivity index (χ0n) is 10.4. The summed E-state index contributed by atoms with van der Waals surface area (Å²) in [4.78, 5) is 2.45. The van der Waals surface area contributed by atoms with Crippen molar-refractivity contribution < 1.29 is 4.21 Å². The van der Waals surface area contributed by atoms with Crippen LogP contribution in [0.1, 0.15) is 26.7 Å². The van der Waals surface area contributed by atoms with E-state index in [-0.39, 0.29) is 0 Å². The van der Waals surface area contributed by atoms with Crippen molar-refractivity contribution in [1.29, 1.82) is 0 Å². The third-order valence-corrected chi connectivity index (χ3v) is 5.61. The Hall–Kier alpha value is 0.0700. The molecule has 1 aliphatic heterocycles. The topological polar surface area (TPSA) is 46.3 Å². The predicted molar refractivity (Wildman–Crippen MR) is 68.8 cm³/mol. The number of rotatable bonds is 2. The fraction of sp³-hybridized carbons (Fsp3) is 1.00. The average Bonchev–Trinajstić information content (AvgIpc) is 2.49. The molecule has 0 spiro atoms. The van der Waals surface area contributed by atoms with Crippen molar-refractivity contribution in [3.63, 3.8) is 0 Å². The maximum absolute atomic E-state index is 11.3. The fourth-order valence-corrected chi connectivity index (χ4v) is 4.06. The quantitative estimate of drug-likeness (QED) is 0.782. The minimum absolute atomic E-state index is 0.309. The van der Waals surface area contributed by atoms with Gasteiger partial charge in [-0.15, -0.1) is 0 Å². The smallest absolute Gasteiger partial charge is 0.0363 e. The highest BCUT2D eigenvalue weighted by Crippen LogP contribution is 2.40. The Bertz CT molecular complexity index is 270. The largest absolute Gasteiger partial charge is 0.327 e. The Balaban J connectivity index is 1.84. The SMILES string of the molecule is CC1(C)CCC(CN2CCS(=O)CC2)C1N. The van der Waals surface area contributed by atoms with E-state index in [2.05, 4.69) is 18.7 Å². The van der Waals surface area contributed by atoms with Crippen molar-refractivity contribution >= 4 is 10.8 Å². The van der Waals surface area contributed by atoms with Crippen LogP contribution >= 0.6 is 0 Å². The van der Waals surface area contributed by atoms with E-state index < -0.39 is 10.8 Å². The molecule has 2 atom stereocenters. The van der Waals surface area contributed by atoms with Crippen LogP contribution in [0.2, 0.25) is 0 Å². The summed E-state index contributed by atoms with van der Waals surface area (Å²) >= 11 is 0. The first-order valence-corrected chi connectivity index (χ1v) is 7.81. The highest BCUT2D eigenvalue weighted by atomic mass is 32.2. The summed E-state index contributed by atoms with van der Waals surface area (Å²) < 4.78 is 11.3. The molecule has 1 aliphatic carbocycles. The van der Waals surface area contributed by atoms with Crippen molar-refractivity contribution in [3.05, 3.63) is 0 Å². The standard InChI is InChI=1S/C12H24N2OS/c1-12(2)4-3-10(11(12)13)9-14-5-7-16(15)8-6-14/h10-11H,3-9,13H2,1-2H3. The van der Waals surface area contributed by atoms with Gasteiger partial charge in [-0.1, -0.05) is 13.8 Å². The minimum Gasteiger partial charge on any atom is -0.327 e. The van der Waals surface area contributed by atoms with Crippen molar-refractivity contribution in [2.24, 2.45) is 17.1 Å². The van der Waals surface area contributed by atoms with Crippen molar-refractivity contribution in [2.75, 3.05) is 31.1 Å². The molecule has 2 rings (SSSR count). The Kier molecular flexibility index (Phi) is 3.72. The molecule has 2 fully saturated rings. The number of hydrogen-bond acceptors (Lipinski definition) is 3.